The molecule has 0 aliphatic carbocycles. The number of rotatable bonds is 7. The van der Waals surface area contributed by atoms with Gasteiger partial charge in [-0.25, -0.2) is 13.8 Å². The highest BCUT2D eigenvalue weighted by Crippen LogP contribution is 2.26. The van der Waals surface area contributed by atoms with Gasteiger partial charge in [-0.3, -0.25) is 9.69 Å². The van der Waals surface area contributed by atoms with Crippen molar-refractivity contribution in [2.75, 3.05) is 13.1 Å². The molecule has 2 heterocycles. The number of hydrogen-bond donors (Lipinski definition) is 0. The van der Waals surface area contributed by atoms with Gasteiger partial charge in [0.2, 0.25) is 5.89 Å². The number of likely N-dealkylation sites (tertiary alicyclic amines) is 1. The van der Waals surface area contributed by atoms with Gasteiger partial charge in [-0.15, -0.1) is 0 Å². The van der Waals surface area contributed by atoms with Gasteiger partial charge in [0, 0.05) is 37.3 Å². The first-order valence-corrected chi connectivity index (χ1v) is 10.5. The SMILES string of the molecule is C[C@H](c1ccccc1)N(Cc1nc(C(=O)N2CCCC2)co1)Cc1ccc(F)cc1F. The summed E-state index contributed by atoms with van der Waals surface area (Å²) in [6.07, 6.45) is 3.39. The van der Waals surface area contributed by atoms with E-state index < -0.39 is 11.6 Å². The van der Waals surface area contributed by atoms with Gasteiger partial charge in [0.1, 0.15) is 17.9 Å². The van der Waals surface area contributed by atoms with Crippen LogP contribution in [0.5, 0.6) is 0 Å². The monoisotopic (exact) mass is 425 g/mol. The fourth-order valence-corrected chi connectivity index (χ4v) is 3.88. The lowest BCUT2D eigenvalue weighted by Crippen LogP contribution is -2.28. The summed E-state index contributed by atoms with van der Waals surface area (Å²) >= 11 is 0. The van der Waals surface area contributed by atoms with Crippen LogP contribution >= 0.6 is 0 Å². The van der Waals surface area contributed by atoms with Crippen LogP contribution in [0.15, 0.2) is 59.2 Å². The third-order valence-electron chi connectivity index (χ3n) is 5.72. The van der Waals surface area contributed by atoms with Crippen LogP contribution in [-0.4, -0.2) is 33.8 Å². The Labute approximate surface area is 180 Å². The van der Waals surface area contributed by atoms with Crippen molar-refractivity contribution in [1.29, 1.82) is 0 Å². The molecule has 162 valence electrons. The van der Waals surface area contributed by atoms with Gasteiger partial charge >= 0.3 is 0 Å². The maximum atomic E-state index is 14.3. The fraction of sp³-hybridized carbons (Fsp3) is 0.333. The molecular weight excluding hydrogens is 400 g/mol. The Bertz CT molecular complexity index is 1030. The third-order valence-corrected chi connectivity index (χ3v) is 5.72. The average Bonchev–Trinajstić information content (AvgIpc) is 3.47. The molecule has 4 rings (SSSR count). The number of halogens is 2. The van der Waals surface area contributed by atoms with Crippen LogP contribution in [0, 0.1) is 11.6 Å². The van der Waals surface area contributed by atoms with Crippen molar-refractivity contribution in [3.05, 3.63) is 89.1 Å². The highest BCUT2D eigenvalue weighted by atomic mass is 19.1. The molecule has 2 aromatic carbocycles. The minimum absolute atomic E-state index is 0.0877. The van der Waals surface area contributed by atoms with E-state index in [2.05, 4.69) is 4.98 Å². The van der Waals surface area contributed by atoms with Gasteiger partial charge in [-0.05, 0) is 31.4 Å². The van der Waals surface area contributed by atoms with Crippen molar-refractivity contribution >= 4 is 5.91 Å². The normalized spacial score (nSPS) is 14.9. The fourth-order valence-electron chi connectivity index (χ4n) is 3.88. The Morgan fingerprint density at radius 2 is 1.87 bits per heavy atom. The van der Waals surface area contributed by atoms with Crippen LogP contribution in [0.2, 0.25) is 0 Å². The third kappa shape index (κ3) is 4.99. The Hall–Kier alpha value is -3.06. The molecule has 0 spiro atoms. The number of carbonyl (C=O) groups excluding carboxylic acids is 1. The van der Waals surface area contributed by atoms with Crippen LogP contribution in [0.4, 0.5) is 8.78 Å². The zero-order chi connectivity index (χ0) is 21.8. The number of nitrogens with zero attached hydrogens (tertiary/aromatic N) is 3. The smallest absolute Gasteiger partial charge is 0.275 e. The van der Waals surface area contributed by atoms with E-state index in [1.165, 1.54) is 18.4 Å². The molecule has 1 amide bonds. The predicted molar refractivity (Wildman–Crippen MR) is 112 cm³/mol. The predicted octanol–water partition coefficient (Wildman–Crippen LogP) is 4.95. The number of amides is 1. The van der Waals surface area contributed by atoms with E-state index in [0.29, 0.717) is 11.5 Å². The maximum absolute atomic E-state index is 14.3. The highest BCUT2D eigenvalue weighted by Gasteiger charge is 2.24. The van der Waals surface area contributed by atoms with Gasteiger partial charge < -0.3 is 9.32 Å². The lowest BCUT2D eigenvalue weighted by atomic mass is 10.1. The number of hydrogen-bond acceptors (Lipinski definition) is 4. The first-order chi connectivity index (χ1) is 15.0. The Morgan fingerprint density at radius 1 is 1.13 bits per heavy atom. The summed E-state index contributed by atoms with van der Waals surface area (Å²) in [6.45, 7) is 4.00. The molecule has 0 unspecified atom stereocenters. The van der Waals surface area contributed by atoms with E-state index in [4.69, 9.17) is 4.42 Å². The zero-order valence-electron chi connectivity index (χ0n) is 17.4. The number of benzene rings is 2. The lowest BCUT2D eigenvalue weighted by molar-refractivity contribution is 0.0787. The zero-order valence-corrected chi connectivity index (χ0v) is 17.4. The largest absolute Gasteiger partial charge is 0.447 e. The van der Waals surface area contributed by atoms with Gasteiger partial charge in [0.25, 0.3) is 5.91 Å². The molecule has 1 fully saturated rings. The van der Waals surface area contributed by atoms with E-state index in [1.807, 2.05) is 42.2 Å². The lowest BCUT2D eigenvalue weighted by Gasteiger charge is -2.28. The first kappa shape index (κ1) is 21.2. The number of carbonyl (C=O) groups is 1. The van der Waals surface area contributed by atoms with Crippen LogP contribution < -0.4 is 0 Å². The molecule has 7 heteroatoms. The van der Waals surface area contributed by atoms with E-state index >= 15 is 0 Å². The van der Waals surface area contributed by atoms with Gasteiger partial charge in [-0.2, -0.15) is 0 Å². The quantitative estimate of drug-likeness (QED) is 0.537. The molecule has 1 aliphatic heterocycles. The second kappa shape index (κ2) is 9.39. The molecular formula is C24H25F2N3O2. The molecule has 1 aromatic heterocycles. The molecule has 1 aliphatic rings. The Morgan fingerprint density at radius 3 is 2.58 bits per heavy atom. The summed E-state index contributed by atoms with van der Waals surface area (Å²) < 4.78 is 33.3. The summed E-state index contributed by atoms with van der Waals surface area (Å²) in [7, 11) is 0. The van der Waals surface area contributed by atoms with Crippen molar-refractivity contribution in [3.63, 3.8) is 0 Å². The molecule has 0 bridgehead atoms. The van der Waals surface area contributed by atoms with Crippen molar-refractivity contribution in [2.24, 2.45) is 0 Å². The molecule has 3 aromatic rings. The summed E-state index contributed by atoms with van der Waals surface area (Å²) in [5.74, 6) is -0.947. The summed E-state index contributed by atoms with van der Waals surface area (Å²) in [6, 6.07) is 13.3. The maximum Gasteiger partial charge on any atom is 0.275 e. The Balaban J connectivity index is 1.56. The molecule has 5 nitrogen and oxygen atoms in total. The minimum atomic E-state index is -0.610. The standard InChI is InChI=1S/C24H25F2N3O2/c1-17(18-7-3-2-4-8-18)29(14-19-9-10-20(25)13-21(19)26)15-23-27-22(16-31-23)24(30)28-11-5-6-12-28/h2-4,7-10,13,16-17H,5-6,11-12,14-15H2,1H3/t17-/m1/s1. The molecule has 0 N–H and O–H groups in total. The summed E-state index contributed by atoms with van der Waals surface area (Å²) in [5.41, 5.74) is 1.71. The van der Waals surface area contributed by atoms with E-state index in [0.717, 1.165) is 37.6 Å². The van der Waals surface area contributed by atoms with E-state index in [-0.39, 0.29) is 30.7 Å². The second-order valence-electron chi connectivity index (χ2n) is 7.85. The van der Waals surface area contributed by atoms with Crippen molar-refractivity contribution in [3.8, 4) is 0 Å². The average molecular weight is 425 g/mol. The highest BCUT2D eigenvalue weighted by molar-refractivity contribution is 5.92. The van der Waals surface area contributed by atoms with E-state index in [1.54, 1.807) is 4.90 Å². The minimum Gasteiger partial charge on any atom is -0.447 e. The summed E-state index contributed by atoms with van der Waals surface area (Å²) in [5, 5.41) is 0. The molecule has 31 heavy (non-hydrogen) atoms. The van der Waals surface area contributed by atoms with Gasteiger partial charge in [-0.1, -0.05) is 36.4 Å². The van der Waals surface area contributed by atoms with Crippen LogP contribution in [-0.2, 0) is 13.1 Å². The van der Waals surface area contributed by atoms with E-state index in [9.17, 15) is 13.6 Å². The molecule has 0 saturated carbocycles. The molecule has 1 saturated heterocycles. The first-order valence-electron chi connectivity index (χ1n) is 10.5. The topological polar surface area (TPSA) is 49.6 Å². The van der Waals surface area contributed by atoms with Crippen molar-refractivity contribution < 1.29 is 18.0 Å². The van der Waals surface area contributed by atoms with Crippen molar-refractivity contribution in [1.82, 2.24) is 14.8 Å². The summed E-state index contributed by atoms with van der Waals surface area (Å²) in [4.78, 5) is 20.7. The molecule has 0 radical (unpaired) electrons. The van der Waals surface area contributed by atoms with Gasteiger partial charge in [0.15, 0.2) is 5.69 Å². The molecule has 1 atom stereocenters. The van der Waals surface area contributed by atoms with Crippen LogP contribution in [0.25, 0.3) is 0 Å². The number of aromatic nitrogens is 1. The second-order valence-corrected chi connectivity index (χ2v) is 7.85. The van der Waals surface area contributed by atoms with Gasteiger partial charge in [0.05, 0.1) is 6.54 Å². The number of oxazole rings is 1. The van der Waals surface area contributed by atoms with Crippen LogP contribution in [0.1, 0.15) is 53.3 Å². The Kier molecular flexibility index (Phi) is 6.42. The van der Waals surface area contributed by atoms with Crippen LogP contribution in [0.3, 0.4) is 0 Å². The van der Waals surface area contributed by atoms with Crippen molar-refractivity contribution in [2.45, 2.75) is 38.9 Å².